The molecule has 1 amide bonds. The molecular weight excluding hydrogens is 436 g/mol. The lowest BCUT2D eigenvalue weighted by Gasteiger charge is -2.15. The molecule has 0 aliphatic heterocycles. The van der Waals surface area contributed by atoms with Gasteiger partial charge in [0.2, 0.25) is 0 Å². The number of ether oxygens (including phenoxy) is 1. The fourth-order valence-electron chi connectivity index (χ4n) is 3.98. The number of aromatic nitrogens is 1. The molecule has 8 nitrogen and oxygen atoms in total. The van der Waals surface area contributed by atoms with Crippen LogP contribution in [0.15, 0.2) is 63.9 Å². The predicted molar refractivity (Wildman–Crippen MR) is 128 cm³/mol. The van der Waals surface area contributed by atoms with Crippen molar-refractivity contribution >= 4 is 33.7 Å². The van der Waals surface area contributed by atoms with Gasteiger partial charge in [-0.1, -0.05) is 31.5 Å². The Labute approximate surface area is 195 Å². The summed E-state index contributed by atoms with van der Waals surface area (Å²) in [5, 5.41) is 13.9. The number of carbonyl (C=O) groups is 2. The average Bonchev–Trinajstić information content (AvgIpc) is 3.23. The van der Waals surface area contributed by atoms with E-state index in [1.807, 2.05) is 24.3 Å². The van der Waals surface area contributed by atoms with Crippen molar-refractivity contribution < 1.29 is 23.8 Å². The Morgan fingerprint density at radius 1 is 1.12 bits per heavy atom. The van der Waals surface area contributed by atoms with E-state index in [9.17, 15) is 19.5 Å². The maximum absolute atomic E-state index is 12.4. The number of H-pyrrole nitrogens is 1. The molecule has 2 aromatic heterocycles. The van der Waals surface area contributed by atoms with Gasteiger partial charge < -0.3 is 24.6 Å². The van der Waals surface area contributed by atoms with Gasteiger partial charge in [-0.2, -0.15) is 0 Å². The van der Waals surface area contributed by atoms with Gasteiger partial charge in [0.15, 0.2) is 6.61 Å². The Bertz CT molecular complexity index is 1390. The molecule has 1 atom stereocenters. The first-order valence-electron chi connectivity index (χ1n) is 11.2. The molecule has 2 aromatic carbocycles. The number of aromatic amines is 1. The Kier molecular flexibility index (Phi) is 6.96. The number of amides is 1. The lowest BCUT2D eigenvalue weighted by molar-refractivity contribution is -0.142. The Morgan fingerprint density at radius 2 is 1.94 bits per heavy atom. The summed E-state index contributed by atoms with van der Waals surface area (Å²) in [4.78, 5) is 39.2. The fourth-order valence-corrected chi connectivity index (χ4v) is 3.98. The van der Waals surface area contributed by atoms with Gasteiger partial charge in [-0.3, -0.25) is 4.79 Å². The van der Waals surface area contributed by atoms with Gasteiger partial charge >= 0.3 is 11.6 Å². The third-order valence-electron chi connectivity index (χ3n) is 5.70. The van der Waals surface area contributed by atoms with Crippen molar-refractivity contribution in [1.82, 2.24) is 10.3 Å². The molecular formula is C26H26N2O6. The minimum atomic E-state index is -1.13. The van der Waals surface area contributed by atoms with Crippen molar-refractivity contribution in [1.29, 1.82) is 0 Å². The second-order valence-electron chi connectivity index (χ2n) is 8.16. The molecule has 0 aliphatic rings. The van der Waals surface area contributed by atoms with Crippen LogP contribution in [0.1, 0.15) is 30.9 Å². The first kappa shape index (κ1) is 23.1. The predicted octanol–water partition coefficient (Wildman–Crippen LogP) is 3.81. The molecule has 2 heterocycles. The highest BCUT2D eigenvalue weighted by Crippen LogP contribution is 2.24. The van der Waals surface area contributed by atoms with Gasteiger partial charge in [0.25, 0.3) is 5.91 Å². The topological polar surface area (TPSA) is 122 Å². The van der Waals surface area contributed by atoms with Crippen molar-refractivity contribution in [3.8, 4) is 5.75 Å². The number of aryl methyl sites for hydroxylation is 1. The number of rotatable bonds is 10. The van der Waals surface area contributed by atoms with Crippen LogP contribution in [0, 0.1) is 0 Å². The van der Waals surface area contributed by atoms with Gasteiger partial charge in [-0.15, -0.1) is 0 Å². The molecule has 0 saturated carbocycles. The molecule has 0 radical (unpaired) electrons. The highest BCUT2D eigenvalue weighted by Gasteiger charge is 2.22. The van der Waals surface area contributed by atoms with Crippen molar-refractivity contribution in [2.75, 3.05) is 6.61 Å². The number of hydrogen-bond donors (Lipinski definition) is 3. The summed E-state index contributed by atoms with van der Waals surface area (Å²) in [6.45, 7) is 1.71. The molecule has 8 heteroatoms. The Balaban J connectivity index is 1.42. The monoisotopic (exact) mass is 462 g/mol. The number of hydrogen-bond acceptors (Lipinski definition) is 5. The fraction of sp³-hybridized carbons (Fsp3) is 0.269. The zero-order valence-corrected chi connectivity index (χ0v) is 18.8. The van der Waals surface area contributed by atoms with E-state index in [1.54, 1.807) is 24.4 Å². The summed E-state index contributed by atoms with van der Waals surface area (Å²) in [7, 11) is 0. The first-order chi connectivity index (χ1) is 16.4. The van der Waals surface area contributed by atoms with Gasteiger partial charge in [0.05, 0.1) is 0 Å². The van der Waals surface area contributed by atoms with Crippen LogP contribution < -0.4 is 15.7 Å². The number of benzene rings is 2. The maximum atomic E-state index is 12.4. The van der Waals surface area contributed by atoms with E-state index in [2.05, 4.69) is 17.2 Å². The van der Waals surface area contributed by atoms with Crippen LogP contribution in [0.3, 0.4) is 0 Å². The van der Waals surface area contributed by atoms with Crippen LogP contribution in [0.5, 0.6) is 5.75 Å². The number of nitrogens with one attached hydrogen (secondary N) is 2. The van der Waals surface area contributed by atoms with Gasteiger partial charge in [0.1, 0.15) is 17.4 Å². The third-order valence-corrected chi connectivity index (χ3v) is 5.70. The molecule has 0 bridgehead atoms. The Hall–Kier alpha value is -4.07. The first-order valence-corrected chi connectivity index (χ1v) is 11.2. The highest BCUT2D eigenvalue weighted by molar-refractivity contribution is 5.87. The van der Waals surface area contributed by atoms with Crippen LogP contribution >= 0.6 is 0 Å². The van der Waals surface area contributed by atoms with E-state index in [1.165, 1.54) is 6.07 Å². The summed E-state index contributed by atoms with van der Waals surface area (Å²) in [6.07, 6.45) is 4.62. The summed E-state index contributed by atoms with van der Waals surface area (Å²) in [5.74, 6) is -1.35. The zero-order chi connectivity index (χ0) is 24.1. The molecule has 0 aliphatic carbocycles. The summed E-state index contributed by atoms with van der Waals surface area (Å²) < 4.78 is 10.9. The zero-order valence-electron chi connectivity index (χ0n) is 18.8. The lowest BCUT2D eigenvalue weighted by atomic mass is 10.0. The van der Waals surface area contributed by atoms with Crippen LogP contribution in [-0.2, 0) is 22.4 Å². The number of para-hydroxylation sites is 1. The van der Waals surface area contributed by atoms with E-state index in [0.29, 0.717) is 11.3 Å². The SMILES string of the molecule is CCCCc1cc(=O)oc2cc(OCC(=O)N[C@@H](Cc3c[nH]c4ccccc34)C(=O)O)ccc12. The van der Waals surface area contributed by atoms with E-state index < -0.39 is 23.5 Å². The van der Waals surface area contributed by atoms with E-state index in [-0.39, 0.29) is 13.0 Å². The lowest BCUT2D eigenvalue weighted by Crippen LogP contribution is -2.44. The second kappa shape index (κ2) is 10.2. The van der Waals surface area contributed by atoms with Crippen LogP contribution in [-0.4, -0.2) is 34.6 Å². The quantitative estimate of drug-likeness (QED) is 0.308. The standard InChI is InChI=1S/C26H26N2O6/c1-2-3-6-16-12-25(30)34-23-13-18(9-10-20(16)23)33-15-24(29)28-22(26(31)32)11-17-14-27-21-8-5-4-7-19(17)21/h4-5,7-10,12-14,22,27H,2-3,6,11,15H2,1H3,(H,28,29)(H,31,32)/t22-/m0/s1. The smallest absolute Gasteiger partial charge is 0.336 e. The van der Waals surface area contributed by atoms with Gasteiger partial charge in [-0.05, 0) is 42.2 Å². The maximum Gasteiger partial charge on any atom is 0.336 e. The molecule has 0 saturated heterocycles. The summed E-state index contributed by atoms with van der Waals surface area (Å²) in [6, 6.07) is 13.0. The van der Waals surface area contributed by atoms with E-state index in [0.717, 1.165) is 46.7 Å². The number of fused-ring (bicyclic) bond motifs is 2. The number of unbranched alkanes of at least 4 members (excludes halogenated alkanes) is 1. The van der Waals surface area contributed by atoms with Crippen molar-refractivity contribution in [3.05, 3.63) is 76.3 Å². The molecule has 3 N–H and O–H groups in total. The molecule has 4 aromatic rings. The molecule has 34 heavy (non-hydrogen) atoms. The van der Waals surface area contributed by atoms with Crippen molar-refractivity contribution in [2.24, 2.45) is 0 Å². The van der Waals surface area contributed by atoms with Gasteiger partial charge in [-0.25, -0.2) is 9.59 Å². The van der Waals surface area contributed by atoms with Crippen molar-refractivity contribution in [2.45, 2.75) is 38.6 Å². The van der Waals surface area contributed by atoms with Crippen molar-refractivity contribution in [3.63, 3.8) is 0 Å². The number of carbonyl (C=O) groups excluding carboxylic acids is 1. The summed E-state index contributed by atoms with van der Waals surface area (Å²) >= 11 is 0. The van der Waals surface area contributed by atoms with E-state index in [4.69, 9.17) is 9.15 Å². The van der Waals surface area contributed by atoms with E-state index >= 15 is 0 Å². The summed E-state index contributed by atoms with van der Waals surface area (Å²) in [5.41, 5.74) is 2.57. The highest BCUT2D eigenvalue weighted by atomic mass is 16.5. The second-order valence-corrected chi connectivity index (χ2v) is 8.16. The Morgan fingerprint density at radius 3 is 2.74 bits per heavy atom. The molecule has 176 valence electrons. The molecule has 0 spiro atoms. The average molecular weight is 463 g/mol. The third kappa shape index (κ3) is 5.28. The van der Waals surface area contributed by atoms with Crippen LogP contribution in [0.2, 0.25) is 0 Å². The minimum Gasteiger partial charge on any atom is -0.484 e. The number of carboxylic acid groups (broad SMARTS) is 1. The molecule has 0 fully saturated rings. The largest absolute Gasteiger partial charge is 0.484 e. The molecule has 0 unspecified atom stereocenters. The van der Waals surface area contributed by atoms with Crippen LogP contribution in [0.25, 0.3) is 21.9 Å². The van der Waals surface area contributed by atoms with Gasteiger partial charge in [0, 0.05) is 41.0 Å². The minimum absolute atomic E-state index is 0.132. The molecule has 4 rings (SSSR count). The van der Waals surface area contributed by atoms with Crippen LogP contribution in [0.4, 0.5) is 0 Å². The number of aliphatic carboxylic acids is 1. The normalized spacial score (nSPS) is 12.0. The number of carboxylic acids is 1.